The molecule has 1 rings (SSSR count). The lowest BCUT2D eigenvalue weighted by Gasteiger charge is -2.10. The first-order chi connectivity index (χ1) is 14.5. The minimum Gasteiger partial charge on any atom is -0.379 e. The number of hydrogen-bond acceptors (Lipinski definition) is 9. The van der Waals surface area contributed by atoms with Gasteiger partial charge in [-0.15, -0.1) is 0 Å². The molecule has 1 aliphatic carbocycles. The van der Waals surface area contributed by atoms with Crippen molar-refractivity contribution in [3.05, 3.63) is 12.2 Å². The number of rotatable bonds is 19. The summed E-state index contributed by atoms with van der Waals surface area (Å²) in [5.74, 6) is -1.15. The molecule has 0 aromatic heterocycles. The largest absolute Gasteiger partial charge is 0.379 e. The molecule has 2 amide bonds. The number of nitrogens with one attached hydrogen (secondary N) is 2. The number of nitrogens with two attached hydrogens (primary N) is 1. The fourth-order valence-electron chi connectivity index (χ4n) is 2.31. The second-order valence-electron chi connectivity index (χ2n) is 6.29. The number of carbonyl (C=O) groups is 4. The van der Waals surface area contributed by atoms with E-state index in [1.807, 2.05) is 0 Å². The van der Waals surface area contributed by atoms with Crippen LogP contribution in [0.1, 0.15) is 12.8 Å². The maximum atomic E-state index is 11.7. The molecule has 0 aromatic rings. The highest BCUT2D eigenvalue weighted by Gasteiger charge is 2.27. The third kappa shape index (κ3) is 13.1. The molecular formula is C19H31N3O8. The summed E-state index contributed by atoms with van der Waals surface area (Å²) >= 11 is 0. The molecule has 0 spiro atoms. The lowest BCUT2D eigenvalue weighted by molar-refractivity contribution is -0.125. The maximum Gasteiger partial charge on any atom is 0.221 e. The molecule has 0 bridgehead atoms. The first-order valence-corrected chi connectivity index (χ1v) is 9.86. The molecule has 0 aliphatic heterocycles. The van der Waals surface area contributed by atoms with Crippen molar-refractivity contribution in [3.8, 4) is 0 Å². The zero-order valence-electron chi connectivity index (χ0n) is 17.1. The fourth-order valence-corrected chi connectivity index (χ4v) is 2.31. The fraction of sp³-hybridized carbons (Fsp3) is 0.684. The van der Waals surface area contributed by atoms with E-state index >= 15 is 0 Å². The number of carbonyl (C=O) groups excluding carboxylic acids is 4. The predicted octanol–water partition coefficient (Wildman–Crippen LogP) is -1.90. The van der Waals surface area contributed by atoms with Crippen molar-refractivity contribution in [2.45, 2.75) is 18.9 Å². The summed E-state index contributed by atoms with van der Waals surface area (Å²) in [7, 11) is 0. The standard InChI is InChI=1S/C19H31N3O8/c20-17(25)4-7-27-9-11-29-13-14-30-12-10-28-8-6-21-18(26)3-5-22-19-15(23)1-2-16(19)24/h1-2,19,22H,3-14H2,(H2,20,25)(H,21,26). The summed E-state index contributed by atoms with van der Waals surface area (Å²) in [6.45, 7) is 3.72. The summed E-state index contributed by atoms with van der Waals surface area (Å²) < 4.78 is 21.1. The molecular weight excluding hydrogens is 398 g/mol. The number of hydrogen-bond donors (Lipinski definition) is 3. The predicted molar refractivity (Wildman–Crippen MR) is 106 cm³/mol. The smallest absolute Gasteiger partial charge is 0.221 e. The van der Waals surface area contributed by atoms with Gasteiger partial charge in [0, 0.05) is 25.9 Å². The van der Waals surface area contributed by atoms with Crippen LogP contribution in [0.15, 0.2) is 12.2 Å². The van der Waals surface area contributed by atoms with E-state index in [9.17, 15) is 19.2 Å². The lowest BCUT2D eigenvalue weighted by Crippen LogP contribution is -2.41. The second kappa shape index (κ2) is 16.6. The van der Waals surface area contributed by atoms with E-state index in [2.05, 4.69) is 10.6 Å². The summed E-state index contributed by atoms with van der Waals surface area (Å²) in [6, 6.07) is -0.854. The number of ketones is 2. The van der Waals surface area contributed by atoms with Crippen molar-refractivity contribution >= 4 is 23.4 Å². The molecule has 0 saturated heterocycles. The minimum absolute atomic E-state index is 0.163. The molecule has 30 heavy (non-hydrogen) atoms. The molecule has 0 unspecified atom stereocenters. The highest BCUT2D eigenvalue weighted by molar-refractivity contribution is 6.22. The summed E-state index contributed by atoms with van der Waals surface area (Å²) in [6.07, 6.45) is 2.84. The van der Waals surface area contributed by atoms with Gasteiger partial charge in [-0.05, 0) is 12.2 Å². The molecule has 0 aromatic carbocycles. The van der Waals surface area contributed by atoms with E-state index in [0.29, 0.717) is 59.4 Å². The molecule has 11 nitrogen and oxygen atoms in total. The Morgan fingerprint density at radius 1 is 0.767 bits per heavy atom. The molecule has 11 heteroatoms. The summed E-state index contributed by atoms with van der Waals surface area (Å²) in [4.78, 5) is 44.9. The van der Waals surface area contributed by atoms with Crippen LogP contribution in [0.2, 0.25) is 0 Å². The van der Waals surface area contributed by atoms with Gasteiger partial charge in [0.15, 0.2) is 11.6 Å². The van der Waals surface area contributed by atoms with Crippen LogP contribution in [0.25, 0.3) is 0 Å². The first-order valence-electron chi connectivity index (χ1n) is 9.86. The Morgan fingerprint density at radius 3 is 1.80 bits per heavy atom. The Balaban J connectivity index is 1.78. The average molecular weight is 429 g/mol. The first kappa shape index (κ1) is 25.9. The van der Waals surface area contributed by atoms with Gasteiger partial charge in [0.05, 0.1) is 52.9 Å². The van der Waals surface area contributed by atoms with Gasteiger partial charge in [-0.3, -0.25) is 19.2 Å². The van der Waals surface area contributed by atoms with Gasteiger partial charge in [-0.1, -0.05) is 0 Å². The number of amides is 2. The van der Waals surface area contributed by atoms with Crippen molar-refractivity contribution in [2.24, 2.45) is 5.73 Å². The Labute approximate surface area is 175 Å². The molecule has 0 saturated carbocycles. The van der Waals surface area contributed by atoms with Gasteiger partial charge in [-0.25, -0.2) is 0 Å². The van der Waals surface area contributed by atoms with Crippen LogP contribution >= 0.6 is 0 Å². The lowest BCUT2D eigenvalue weighted by atomic mass is 10.2. The third-order valence-electron chi connectivity index (χ3n) is 3.86. The topological polar surface area (TPSA) is 155 Å². The van der Waals surface area contributed by atoms with Crippen LogP contribution in [0.5, 0.6) is 0 Å². The average Bonchev–Trinajstić information content (AvgIpc) is 3.02. The second-order valence-corrected chi connectivity index (χ2v) is 6.29. The van der Waals surface area contributed by atoms with Crippen molar-refractivity contribution in [3.63, 3.8) is 0 Å². The van der Waals surface area contributed by atoms with E-state index in [-0.39, 0.29) is 36.9 Å². The van der Waals surface area contributed by atoms with Crippen LogP contribution < -0.4 is 16.4 Å². The Kier molecular flexibility index (Phi) is 14.3. The Bertz CT molecular complexity index is 564. The quantitative estimate of drug-likeness (QED) is 0.158. The van der Waals surface area contributed by atoms with Crippen LogP contribution in [0.4, 0.5) is 0 Å². The number of ether oxygens (including phenoxy) is 4. The normalized spacial score (nSPS) is 13.9. The SMILES string of the molecule is NC(=O)CCOCCOCCOCCOCCNC(=O)CCNC1C(=O)C=CC1=O. The van der Waals surface area contributed by atoms with Gasteiger partial charge in [0.1, 0.15) is 6.04 Å². The molecule has 1 aliphatic rings. The minimum atomic E-state index is -0.854. The van der Waals surface area contributed by atoms with E-state index in [1.54, 1.807) is 0 Å². The molecule has 0 fully saturated rings. The molecule has 4 N–H and O–H groups in total. The van der Waals surface area contributed by atoms with Crippen molar-refractivity contribution in [1.82, 2.24) is 10.6 Å². The van der Waals surface area contributed by atoms with E-state index in [4.69, 9.17) is 24.7 Å². The highest BCUT2D eigenvalue weighted by atomic mass is 16.6. The van der Waals surface area contributed by atoms with Gasteiger partial charge in [0.25, 0.3) is 0 Å². The van der Waals surface area contributed by atoms with Crippen molar-refractivity contribution in [1.29, 1.82) is 0 Å². The molecule has 170 valence electrons. The van der Waals surface area contributed by atoms with Crippen molar-refractivity contribution < 1.29 is 38.1 Å². The highest BCUT2D eigenvalue weighted by Crippen LogP contribution is 2.01. The zero-order chi connectivity index (χ0) is 22.0. The van der Waals surface area contributed by atoms with Crippen LogP contribution in [-0.4, -0.2) is 95.4 Å². The monoisotopic (exact) mass is 429 g/mol. The number of primary amides is 1. The van der Waals surface area contributed by atoms with Crippen LogP contribution in [-0.2, 0) is 38.1 Å². The zero-order valence-corrected chi connectivity index (χ0v) is 17.1. The third-order valence-corrected chi connectivity index (χ3v) is 3.86. The van der Waals surface area contributed by atoms with Crippen molar-refractivity contribution in [2.75, 3.05) is 65.9 Å². The van der Waals surface area contributed by atoms with Gasteiger partial charge >= 0.3 is 0 Å². The summed E-state index contributed by atoms with van der Waals surface area (Å²) in [5.41, 5.74) is 4.98. The van der Waals surface area contributed by atoms with Gasteiger partial charge in [0.2, 0.25) is 11.8 Å². The molecule has 0 radical (unpaired) electrons. The van der Waals surface area contributed by atoms with E-state index in [0.717, 1.165) is 0 Å². The molecule has 0 heterocycles. The van der Waals surface area contributed by atoms with Gasteiger partial charge in [-0.2, -0.15) is 0 Å². The molecule has 0 atom stereocenters. The van der Waals surface area contributed by atoms with E-state index in [1.165, 1.54) is 12.2 Å². The van der Waals surface area contributed by atoms with Crippen LogP contribution in [0, 0.1) is 0 Å². The van der Waals surface area contributed by atoms with E-state index < -0.39 is 11.9 Å². The van der Waals surface area contributed by atoms with Gasteiger partial charge < -0.3 is 35.3 Å². The summed E-state index contributed by atoms with van der Waals surface area (Å²) in [5, 5.41) is 5.45. The van der Waals surface area contributed by atoms with Crippen LogP contribution in [0.3, 0.4) is 0 Å². The Hall–Kier alpha value is -2.18. The Morgan fingerprint density at radius 2 is 1.27 bits per heavy atom. The maximum absolute atomic E-state index is 11.7.